The summed E-state index contributed by atoms with van der Waals surface area (Å²) in [6.45, 7) is 12.2. The molecule has 0 aromatic rings. The Kier molecular flexibility index (Phi) is 5.08. The predicted octanol–water partition coefficient (Wildman–Crippen LogP) is 3.28. The van der Waals surface area contributed by atoms with Crippen LogP contribution in [-0.2, 0) is 0 Å². The molecule has 1 N–H and O–H groups in total. The van der Waals surface area contributed by atoms with Crippen LogP contribution in [-0.4, -0.2) is 37.1 Å². The number of hydrogen-bond acceptors (Lipinski definition) is 2. The molecule has 0 amide bonds. The highest BCUT2D eigenvalue weighted by atomic mass is 15.1. The van der Waals surface area contributed by atoms with E-state index in [0.717, 1.165) is 5.92 Å². The van der Waals surface area contributed by atoms with Gasteiger partial charge in [-0.3, -0.25) is 0 Å². The van der Waals surface area contributed by atoms with Gasteiger partial charge >= 0.3 is 0 Å². The van der Waals surface area contributed by atoms with Crippen LogP contribution in [0.5, 0.6) is 0 Å². The summed E-state index contributed by atoms with van der Waals surface area (Å²) in [6, 6.07) is 0.628. The molecule has 0 spiro atoms. The molecule has 1 heterocycles. The van der Waals surface area contributed by atoms with E-state index in [-0.39, 0.29) is 0 Å². The molecule has 1 saturated heterocycles. The van der Waals surface area contributed by atoms with Crippen molar-refractivity contribution in [3.63, 3.8) is 0 Å². The quantitative estimate of drug-likeness (QED) is 0.808. The van der Waals surface area contributed by atoms with E-state index in [1.807, 2.05) is 0 Å². The minimum absolute atomic E-state index is 0.585. The van der Waals surface area contributed by atoms with Gasteiger partial charge in [0, 0.05) is 25.7 Å². The second-order valence-corrected chi connectivity index (χ2v) is 7.23. The first kappa shape index (κ1) is 14.3. The first-order valence-corrected chi connectivity index (χ1v) is 8.05. The maximum Gasteiger partial charge on any atom is 0.00503 e. The first-order valence-electron chi connectivity index (χ1n) is 8.05. The summed E-state index contributed by atoms with van der Waals surface area (Å²) in [6.07, 6.45) is 8.63. The van der Waals surface area contributed by atoms with E-state index in [1.165, 1.54) is 64.7 Å². The van der Waals surface area contributed by atoms with E-state index in [9.17, 15) is 0 Å². The van der Waals surface area contributed by atoms with Crippen LogP contribution in [0.25, 0.3) is 0 Å². The minimum Gasteiger partial charge on any atom is -0.314 e. The average Bonchev–Trinajstić information content (AvgIpc) is 2.76. The number of nitrogens with zero attached hydrogens (tertiary/aromatic N) is 1. The van der Waals surface area contributed by atoms with Crippen molar-refractivity contribution in [2.24, 2.45) is 11.3 Å². The zero-order valence-electron chi connectivity index (χ0n) is 12.7. The Labute approximate surface area is 114 Å². The normalized spacial score (nSPS) is 29.0. The molecule has 0 radical (unpaired) electrons. The lowest BCUT2D eigenvalue weighted by molar-refractivity contribution is 0.106. The Balaban J connectivity index is 1.88. The van der Waals surface area contributed by atoms with Gasteiger partial charge in [-0.1, -0.05) is 33.6 Å². The highest BCUT2D eigenvalue weighted by Crippen LogP contribution is 2.39. The van der Waals surface area contributed by atoms with Crippen LogP contribution in [0, 0.1) is 11.3 Å². The molecule has 1 aliphatic heterocycles. The first-order chi connectivity index (χ1) is 8.60. The van der Waals surface area contributed by atoms with Gasteiger partial charge < -0.3 is 10.2 Å². The Bertz CT molecular complexity index is 243. The smallest absolute Gasteiger partial charge is 0.00503 e. The lowest BCUT2D eigenvalue weighted by Gasteiger charge is -2.39. The number of rotatable bonds is 5. The van der Waals surface area contributed by atoms with Crippen LogP contribution in [0.15, 0.2) is 0 Å². The predicted molar refractivity (Wildman–Crippen MR) is 78.9 cm³/mol. The molecule has 1 atom stereocenters. The maximum atomic E-state index is 3.70. The lowest BCUT2D eigenvalue weighted by Crippen LogP contribution is -2.46. The van der Waals surface area contributed by atoms with Crippen molar-refractivity contribution >= 4 is 0 Å². The molecule has 106 valence electrons. The Hall–Kier alpha value is -0.0800. The van der Waals surface area contributed by atoms with Crippen molar-refractivity contribution in [2.75, 3.05) is 26.2 Å². The molecule has 18 heavy (non-hydrogen) atoms. The summed E-state index contributed by atoms with van der Waals surface area (Å²) >= 11 is 0. The highest BCUT2D eigenvalue weighted by molar-refractivity contribution is 4.90. The number of likely N-dealkylation sites (tertiary alicyclic amines) is 1. The topological polar surface area (TPSA) is 15.3 Å². The maximum absolute atomic E-state index is 3.70. The van der Waals surface area contributed by atoms with Gasteiger partial charge in [0.05, 0.1) is 0 Å². The van der Waals surface area contributed by atoms with Crippen LogP contribution in [0.3, 0.4) is 0 Å². The van der Waals surface area contributed by atoms with E-state index >= 15 is 0 Å². The van der Waals surface area contributed by atoms with Crippen molar-refractivity contribution < 1.29 is 0 Å². The van der Waals surface area contributed by atoms with E-state index in [0.29, 0.717) is 11.5 Å². The second-order valence-electron chi connectivity index (χ2n) is 7.23. The molecule has 2 rings (SSSR count). The van der Waals surface area contributed by atoms with Crippen molar-refractivity contribution in [1.29, 1.82) is 0 Å². The van der Waals surface area contributed by atoms with Gasteiger partial charge in [-0.2, -0.15) is 0 Å². The van der Waals surface area contributed by atoms with Crippen molar-refractivity contribution in [3.05, 3.63) is 0 Å². The molecule has 1 unspecified atom stereocenters. The van der Waals surface area contributed by atoms with E-state index in [4.69, 9.17) is 0 Å². The van der Waals surface area contributed by atoms with Gasteiger partial charge in [0.2, 0.25) is 0 Å². The molecule has 0 aromatic carbocycles. The minimum atomic E-state index is 0.585. The molecule has 2 aliphatic rings. The molecule has 2 fully saturated rings. The summed E-state index contributed by atoms with van der Waals surface area (Å²) in [5.41, 5.74) is 0.585. The summed E-state index contributed by atoms with van der Waals surface area (Å²) in [5, 5.41) is 3.70. The van der Waals surface area contributed by atoms with E-state index in [1.54, 1.807) is 0 Å². The third-order valence-corrected chi connectivity index (χ3v) is 4.85. The van der Waals surface area contributed by atoms with Crippen molar-refractivity contribution in [2.45, 2.75) is 65.3 Å². The van der Waals surface area contributed by atoms with Gasteiger partial charge in [-0.05, 0) is 43.6 Å². The van der Waals surface area contributed by atoms with Crippen LogP contribution in [0.2, 0.25) is 0 Å². The second kappa shape index (κ2) is 6.38. The number of hydrogen-bond donors (Lipinski definition) is 1. The summed E-state index contributed by atoms with van der Waals surface area (Å²) in [5.74, 6) is 0.912. The van der Waals surface area contributed by atoms with Crippen LogP contribution in [0.4, 0.5) is 0 Å². The van der Waals surface area contributed by atoms with Crippen LogP contribution in [0.1, 0.15) is 59.3 Å². The number of piperidine rings is 1. The molecule has 0 bridgehead atoms. The highest BCUT2D eigenvalue weighted by Gasteiger charge is 2.36. The van der Waals surface area contributed by atoms with Crippen molar-refractivity contribution in [3.8, 4) is 0 Å². The summed E-state index contributed by atoms with van der Waals surface area (Å²) < 4.78 is 0. The third kappa shape index (κ3) is 3.96. The lowest BCUT2D eigenvalue weighted by atomic mass is 9.84. The fourth-order valence-electron chi connectivity index (χ4n) is 3.84. The largest absolute Gasteiger partial charge is 0.314 e. The molecule has 2 heteroatoms. The third-order valence-electron chi connectivity index (χ3n) is 4.85. The molecular weight excluding hydrogens is 220 g/mol. The molecule has 1 saturated carbocycles. The van der Waals surface area contributed by atoms with Gasteiger partial charge in [-0.15, -0.1) is 0 Å². The standard InChI is InChI=1S/C16H32N2/c1-14(2)17-12-16(8-4-5-9-16)13-18-10-6-7-15(3)11-18/h14-15,17H,4-13H2,1-3H3. The Morgan fingerprint density at radius 2 is 1.94 bits per heavy atom. The van der Waals surface area contributed by atoms with Crippen molar-refractivity contribution in [1.82, 2.24) is 10.2 Å². The van der Waals surface area contributed by atoms with Crippen LogP contribution < -0.4 is 5.32 Å². The zero-order valence-corrected chi connectivity index (χ0v) is 12.7. The monoisotopic (exact) mass is 252 g/mol. The fraction of sp³-hybridized carbons (Fsp3) is 1.00. The average molecular weight is 252 g/mol. The van der Waals surface area contributed by atoms with Crippen LogP contribution >= 0.6 is 0 Å². The Morgan fingerprint density at radius 1 is 1.22 bits per heavy atom. The van der Waals surface area contributed by atoms with Gasteiger partial charge in [0.25, 0.3) is 0 Å². The summed E-state index contributed by atoms with van der Waals surface area (Å²) in [7, 11) is 0. The SMILES string of the molecule is CC1CCCN(CC2(CNC(C)C)CCCC2)C1. The Morgan fingerprint density at radius 3 is 2.56 bits per heavy atom. The molecule has 0 aromatic heterocycles. The molecule has 1 aliphatic carbocycles. The van der Waals surface area contributed by atoms with E-state index in [2.05, 4.69) is 31.0 Å². The fourth-order valence-corrected chi connectivity index (χ4v) is 3.84. The number of nitrogens with one attached hydrogen (secondary N) is 1. The molecular formula is C16H32N2. The van der Waals surface area contributed by atoms with E-state index < -0.39 is 0 Å². The van der Waals surface area contributed by atoms with Gasteiger partial charge in [-0.25, -0.2) is 0 Å². The molecule has 2 nitrogen and oxygen atoms in total. The summed E-state index contributed by atoms with van der Waals surface area (Å²) in [4.78, 5) is 2.75. The zero-order chi connectivity index (χ0) is 13.0. The van der Waals surface area contributed by atoms with Gasteiger partial charge in [0.1, 0.15) is 0 Å². The van der Waals surface area contributed by atoms with Gasteiger partial charge in [0.15, 0.2) is 0 Å².